The second-order valence-corrected chi connectivity index (χ2v) is 14.4. The summed E-state index contributed by atoms with van der Waals surface area (Å²) in [5.41, 5.74) is 0. The maximum Gasteiger partial charge on any atom is 0.220 e. The summed E-state index contributed by atoms with van der Waals surface area (Å²) < 4.78 is 0. The largest absolute Gasteiger partial charge is 0.394 e. The molecule has 4 heteroatoms. The molecule has 1 amide bonds. The van der Waals surface area contributed by atoms with Crippen molar-refractivity contribution >= 4 is 5.91 Å². The Balaban J connectivity index is 3.65. The fraction of sp³-hybridized carbons (Fsp3) is 0.800. The van der Waals surface area contributed by atoms with Gasteiger partial charge in [-0.3, -0.25) is 4.79 Å². The van der Waals surface area contributed by atoms with E-state index in [1.54, 1.807) is 6.08 Å². The number of unbranched alkanes of at least 4 members (excludes halogenated alkanes) is 25. The van der Waals surface area contributed by atoms with Crippen LogP contribution in [0.5, 0.6) is 0 Å². The monoisotopic (exact) mass is 686 g/mol. The van der Waals surface area contributed by atoms with E-state index < -0.39 is 12.1 Å². The van der Waals surface area contributed by atoms with Gasteiger partial charge in [0.25, 0.3) is 0 Å². The van der Waals surface area contributed by atoms with Crippen LogP contribution in [0.15, 0.2) is 48.6 Å². The summed E-state index contributed by atoms with van der Waals surface area (Å²) in [6, 6.07) is -0.646. The second kappa shape index (κ2) is 40.8. The van der Waals surface area contributed by atoms with E-state index in [9.17, 15) is 15.0 Å². The van der Waals surface area contributed by atoms with Crippen LogP contribution < -0.4 is 5.32 Å². The number of rotatable bonds is 38. The van der Waals surface area contributed by atoms with Crippen molar-refractivity contribution in [1.82, 2.24) is 5.32 Å². The molecule has 0 saturated carbocycles. The van der Waals surface area contributed by atoms with Gasteiger partial charge in [-0.15, -0.1) is 0 Å². The lowest BCUT2D eigenvalue weighted by atomic mass is 10.0. The van der Waals surface area contributed by atoms with Gasteiger partial charge in [-0.2, -0.15) is 0 Å². The summed E-state index contributed by atoms with van der Waals surface area (Å²) in [6.07, 6.45) is 55.0. The van der Waals surface area contributed by atoms with Crippen LogP contribution in [-0.2, 0) is 4.79 Å². The molecule has 2 unspecified atom stereocenters. The maximum absolute atomic E-state index is 12.4. The number of hydrogen-bond donors (Lipinski definition) is 3. The first-order valence-corrected chi connectivity index (χ1v) is 21.4. The molecule has 286 valence electrons. The Kier molecular flexibility index (Phi) is 39.4. The molecular weight excluding hydrogens is 602 g/mol. The molecule has 0 heterocycles. The van der Waals surface area contributed by atoms with E-state index in [-0.39, 0.29) is 12.5 Å². The number of amides is 1. The zero-order valence-corrected chi connectivity index (χ0v) is 32.7. The van der Waals surface area contributed by atoms with Crippen molar-refractivity contribution in [3.63, 3.8) is 0 Å². The predicted octanol–water partition coefficient (Wildman–Crippen LogP) is 13.2. The summed E-state index contributed by atoms with van der Waals surface area (Å²) in [6.45, 7) is 4.28. The molecule has 4 nitrogen and oxygen atoms in total. The number of carbonyl (C=O) groups excluding carboxylic acids is 1. The molecule has 0 bridgehead atoms. The zero-order valence-electron chi connectivity index (χ0n) is 32.7. The first kappa shape index (κ1) is 47.4. The van der Waals surface area contributed by atoms with Crippen molar-refractivity contribution < 1.29 is 15.0 Å². The third kappa shape index (κ3) is 37.4. The van der Waals surface area contributed by atoms with E-state index in [0.717, 1.165) is 38.5 Å². The van der Waals surface area contributed by atoms with Crippen molar-refractivity contribution in [3.8, 4) is 0 Å². The Morgan fingerprint density at radius 1 is 0.469 bits per heavy atom. The lowest BCUT2D eigenvalue weighted by Crippen LogP contribution is -2.45. The van der Waals surface area contributed by atoms with Gasteiger partial charge in [0.1, 0.15) is 0 Å². The van der Waals surface area contributed by atoms with Gasteiger partial charge in [0.05, 0.1) is 18.8 Å². The van der Waals surface area contributed by atoms with E-state index in [1.165, 1.54) is 154 Å². The molecule has 0 rings (SSSR count). The van der Waals surface area contributed by atoms with Gasteiger partial charge in [-0.05, 0) is 70.6 Å². The summed E-state index contributed by atoms with van der Waals surface area (Å²) >= 11 is 0. The fourth-order valence-corrected chi connectivity index (χ4v) is 6.20. The molecule has 0 fully saturated rings. The molecule has 0 saturated heterocycles. The van der Waals surface area contributed by atoms with E-state index in [4.69, 9.17) is 0 Å². The lowest BCUT2D eigenvalue weighted by Gasteiger charge is -2.19. The average molecular weight is 686 g/mol. The number of aliphatic hydroxyl groups is 2. The summed E-state index contributed by atoms with van der Waals surface area (Å²) in [5.74, 6) is -0.0812. The molecule has 0 spiro atoms. The first-order valence-electron chi connectivity index (χ1n) is 21.4. The summed E-state index contributed by atoms with van der Waals surface area (Å²) in [4.78, 5) is 12.4. The Bertz CT molecular complexity index is 786. The van der Waals surface area contributed by atoms with Crippen molar-refractivity contribution in [2.45, 2.75) is 225 Å². The Hall–Kier alpha value is -1.65. The number of carbonyl (C=O) groups is 1. The highest BCUT2D eigenvalue weighted by molar-refractivity contribution is 5.76. The Morgan fingerprint density at radius 3 is 1.18 bits per heavy atom. The van der Waals surface area contributed by atoms with Gasteiger partial charge in [0.15, 0.2) is 0 Å². The minimum atomic E-state index is -0.870. The van der Waals surface area contributed by atoms with Crippen LogP contribution >= 0.6 is 0 Å². The van der Waals surface area contributed by atoms with Crippen molar-refractivity contribution in [3.05, 3.63) is 48.6 Å². The average Bonchev–Trinajstić information content (AvgIpc) is 3.10. The molecule has 0 aliphatic heterocycles. The second-order valence-electron chi connectivity index (χ2n) is 14.4. The topological polar surface area (TPSA) is 69.6 Å². The molecule has 0 aromatic heterocycles. The standard InChI is InChI=1S/C45H83NO3/c1-3-5-7-9-11-13-15-17-19-21-23-25-27-29-31-33-35-37-39-41-45(49)46-43(42-47)44(48)40-38-36-34-32-30-28-26-24-22-20-18-16-14-12-10-8-6-4-2/h17,19,22,24,30,32,38,40,43-44,47-48H,3-16,18,20-21,23,25-29,31,33-37,39,41-42H2,1-2H3,(H,46,49)/b19-17-,24-22+,32-30+,40-38+. The third-order valence-electron chi connectivity index (χ3n) is 9.51. The molecule has 3 N–H and O–H groups in total. The van der Waals surface area contributed by atoms with Gasteiger partial charge >= 0.3 is 0 Å². The molecule has 0 aliphatic rings. The number of hydrogen-bond acceptors (Lipinski definition) is 3. The quantitative estimate of drug-likeness (QED) is 0.0447. The van der Waals surface area contributed by atoms with Crippen LogP contribution in [0, 0.1) is 0 Å². The minimum absolute atomic E-state index is 0.0812. The zero-order chi connectivity index (χ0) is 35.7. The van der Waals surface area contributed by atoms with Crippen molar-refractivity contribution in [2.75, 3.05) is 6.61 Å². The summed E-state index contributed by atoms with van der Waals surface area (Å²) in [5, 5.41) is 23.0. The predicted molar refractivity (Wildman–Crippen MR) is 216 cm³/mol. The summed E-state index contributed by atoms with van der Waals surface area (Å²) in [7, 11) is 0. The number of nitrogens with one attached hydrogen (secondary N) is 1. The SMILES string of the molecule is CCCCCCCC/C=C\CCCCCCCCCCCC(=O)NC(CO)C(O)/C=C/CC/C=C/CC/C=C/CCCCCCCCCC. The van der Waals surface area contributed by atoms with Crippen LogP contribution in [0.1, 0.15) is 213 Å². The van der Waals surface area contributed by atoms with Crippen molar-refractivity contribution in [1.29, 1.82) is 0 Å². The van der Waals surface area contributed by atoms with Crippen molar-refractivity contribution in [2.24, 2.45) is 0 Å². The molecular formula is C45H83NO3. The first-order chi connectivity index (χ1) is 24.2. The number of aliphatic hydroxyl groups excluding tert-OH is 2. The van der Waals surface area contributed by atoms with E-state index in [1.807, 2.05) is 6.08 Å². The van der Waals surface area contributed by atoms with Crippen LogP contribution in [0.25, 0.3) is 0 Å². The fourth-order valence-electron chi connectivity index (χ4n) is 6.20. The normalized spacial score (nSPS) is 13.5. The van der Waals surface area contributed by atoms with Gasteiger partial charge in [0.2, 0.25) is 5.91 Å². The number of allylic oxidation sites excluding steroid dienone is 7. The van der Waals surface area contributed by atoms with Crippen LogP contribution in [-0.4, -0.2) is 34.9 Å². The lowest BCUT2D eigenvalue weighted by molar-refractivity contribution is -0.123. The molecule has 0 aromatic carbocycles. The van der Waals surface area contributed by atoms with E-state index in [0.29, 0.717) is 6.42 Å². The highest BCUT2D eigenvalue weighted by Crippen LogP contribution is 2.13. The molecule has 0 aliphatic carbocycles. The minimum Gasteiger partial charge on any atom is -0.394 e. The van der Waals surface area contributed by atoms with Crippen LogP contribution in [0.2, 0.25) is 0 Å². The van der Waals surface area contributed by atoms with Gasteiger partial charge in [-0.1, -0.05) is 184 Å². The molecule has 49 heavy (non-hydrogen) atoms. The highest BCUT2D eigenvalue weighted by Gasteiger charge is 2.17. The van der Waals surface area contributed by atoms with Crippen LogP contribution in [0.3, 0.4) is 0 Å². The smallest absolute Gasteiger partial charge is 0.220 e. The molecule has 0 radical (unpaired) electrons. The Labute approximate surface area is 305 Å². The van der Waals surface area contributed by atoms with Gasteiger partial charge in [0, 0.05) is 6.42 Å². The molecule has 2 atom stereocenters. The third-order valence-corrected chi connectivity index (χ3v) is 9.51. The van der Waals surface area contributed by atoms with E-state index in [2.05, 4.69) is 55.6 Å². The van der Waals surface area contributed by atoms with Gasteiger partial charge < -0.3 is 15.5 Å². The molecule has 0 aromatic rings. The van der Waals surface area contributed by atoms with Gasteiger partial charge in [-0.25, -0.2) is 0 Å². The Morgan fingerprint density at radius 2 is 0.796 bits per heavy atom. The van der Waals surface area contributed by atoms with E-state index >= 15 is 0 Å². The highest BCUT2D eigenvalue weighted by atomic mass is 16.3. The van der Waals surface area contributed by atoms with Crippen LogP contribution in [0.4, 0.5) is 0 Å². The maximum atomic E-state index is 12.4.